The number of benzene rings is 2. The van der Waals surface area contributed by atoms with Gasteiger partial charge in [-0.2, -0.15) is 13.2 Å². The van der Waals surface area contributed by atoms with Crippen LogP contribution in [0.5, 0.6) is 11.6 Å². The highest BCUT2D eigenvalue weighted by atomic mass is 19.4. The Morgan fingerprint density at radius 2 is 1.83 bits per heavy atom. The van der Waals surface area contributed by atoms with Crippen molar-refractivity contribution in [2.45, 2.75) is 19.3 Å². The number of alkyl halides is 3. The van der Waals surface area contributed by atoms with Crippen LogP contribution in [0.1, 0.15) is 27.0 Å². The first kappa shape index (κ1) is 22.6. The number of fused-ring (bicyclic) bond motifs is 1. The molecule has 6 nitrogen and oxygen atoms in total. The van der Waals surface area contributed by atoms with E-state index in [1.807, 2.05) is 42.1 Å². The number of hydrogen-bond acceptors (Lipinski definition) is 4. The Labute approximate surface area is 197 Å². The molecule has 0 spiro atoms. The maximum absolute atomic E-state index is 14.3. The van der Waals surface area contributed by atoms with Crippen molar-refractivity contribution in [1.82, 2.24) is 19.4 Å². The van der Waals surface area contributed by atoms with Crippen LogP contribution in [0.2, 0.25) is 0 Å². The van der Waals surface area contributed by atoms with Crippen LogP contribution >= 0.6 is 0 Å². The predicted molar refractivity (Wildman–Crippen MR) is 118 cm³/mol. The van der Waals surface area contributed by atoms with E-state index in [0.717, 1.165) is 22.9 Å². The van der Waals surface area contributed by atoms with E-state index in [1.54, 1.807) is 17.3 Å². The van der Waals surface area contributed by atoms with Crippen LogP contribution in [0.25, 0.3) is 11.3 Å². The Morgan fingerprint density at radius 3 is 2.49 bits per heavy atom. The highest BCUT2D eigenvalue weighted by molar-refractivity contribution is 6.00. The van der Waals surface area contributed by atoms with Crippen molar-refractivity contribution in [2.75, 3.05) is 0 Å². The molecule has 0 N–H and O–H groups in total. The molecule has 0 saturated carbocycles. The number of pyridine rings is 1. The standard InChI is InChI=1S/C25H18F4N4O2/c1-32-13-20(31-14-32)16-4-2-15(3-5-16)11-33-12-17-8-9-30-23(22(17)24(33)34)35-21-7-6-18(10-19(21)26)25(27,28)29/h2-10,13-14H,11-12H2,1H3. The van der Waals surface area contributed by atoms with Gasteiger partial charge in [-0.3, -0.25) is 4.79 Å². The number of nitrogens with zero attached hydrogens (tertiary/aromatic N) is 4. The molecular formula is C25H18F4N4O2. The lowest BCUT2D eigenvalue weighted by Gasteiger charge is -2.16. The molecule has 1 amide bonds. The average Bonchev–Trinajstić information content (AvgIpc) is 3.39. The summed E-state index contributed by atoms with van der Waals surface area (Å²) < 4.78 is 60.0. The number of imidazole rings is 1. The monoisotopic (exact) mass is 482 g/mol. The number of carbonyl (C=O) groups is 1. The summed E-state index contributed by atoms with van der Waals surface area (Å²) in [5.74, 6) is -2.16. The van der Waals surface area contributed by atoms with E-state index in [0.29, 0.717) is 30.8 Å². The molecule has 0 atom stereocenters. The van der Waals surface area contributed by atoms with Crippen molar-refractivity contribution in [3.8, 4) is 22.9 Å². The number of carbonyl (C=O) groups excluding carboxylic acids is 1. The van der Waals surface area contributed by atoms with Crippen molar-refractivity contribution in [3.05, 3.63) is 95.3 Å². The molecule has 178 valence electrons. The lowest BCUT2D eigenvalue weighted by atomic mass is 10.1. The van der Waals surface area contributed by atoms with Gasteiger partial charge in [-0.25, -0.2) is 14.4 Å². The molecule has 10 heteroatoms. The van der Waals surface area contributed by atoms with Gasteiger partial charge in [-0.05, 0) is 35.4 Å². The number of aryl methyl sites for hydroxylation is 1. The first-order chi connectivity index (χ1) is 16.7. The lowest BCUT2D eigenvalue weighted by molar-refractivity contribution is -0.137. The highest BCUT2D eigenvalue weighted by Crippen LogP contribution is 2.36. The molecule has 0 bridgehead atoms. The summed E-state index contributed by atoms with van der Waals surface area (Å²) >= 11 is 0. The Morgan fingerprint density at radius 1 is 1.06 bits per heavy atom. The zero-order chi connectivity index (χ0) is 24.7. The molecule has 0 saturated heterocycles. The van der Waals surface area contributed by atoms with Gasteiger partial charge in [0, 0.05) is 38.1 Å². The molecule has 2 aromatic heterocycles. The summed E-state index contributed by atoms with van der Waals surface area (Å²) in [4.78, 5) is 23.1. The quantitative estimate of drug-likeness (QED) is 0.348. The minimum Gasteiger partial charge on any atom is -0.435 e. The van der Waals surface area contributed by atoms with Crippen molar-refractivity contribution in [2.24, 2.45) is 7.05 Å². The maximum Gasteiger partial charge on any atom is 0.416 e. The van der Waals surface area contributed by atoms with E-state index in [-0.39, 0.29) is 17.4 Å². The molecule has 0 fully saturated rings. The SMILES string of the molecule is Cn1cnc(-c2ccc(CN3Cc4ccnc(Oc5ccc(C(F)(F)F)cc5F)c4C3=O)cc2)c1. The van der Waals surface area contributed by atoms with Crippen LogP contribution < -0.4 is 4.74 Å². The van der Waals surface area contributed by atoms with Gasteiger partial charge in [-0.15, -0.1) is 0 Å². The number of aromatic nitrogens is 3. The second kappa shape index (κ2) is 8.53. The number of rotatable bonds is 5. The van der Waals surface area contributed by atoms with Crippen LogP contribution in [0.15, 0.2) is 67.3 Å². The molecule has 0 aliphatic carbocycles. The number of ether oxygens (including phenoxy) is 1. The molecule has 5 rings (SSSR count). The summed E-state index contributed by atoms with van der Waals surface area (Å²) in [5, 5.41) is 0. The Hall–Kier alpha value is -4.21. The summed E-state index contributed by atoms with van der Waals surface area (Å²) in [7, 11) is 1.89. The number of halogens is 4. The van der Waals surface area contributed by atoms with E-state index in [9.17, 15) is 22.4 Å². The van der Waals surface area contributed by atoms with Gasteiger partial charge in [0.25, 0.3) is 5.91 Å². The van der Waals surface area contributed by atoms with Crippen LogP contribution in [0, 0.1) is 5.82 Å². The molecule has 1 aliphatic heterocycles. The van der Waals surface area contributed by atoms with Gasteiger partial charge in [0.15, 0.2) is 11.6 Å². The largest absolute Gasteiger partial charge is 0.435 e. The Kier molecular flexibility index (Phi) is 5.50. The molecule has 4 aromatic rings. The van der Waals surface area contributed by atoms with Crippen molar-refractivity contribution in [3.63, 3.8) is 0 Å². The number of hydrogen-bond donors (Lipinski definition) is 0. The molecule has 3 heterocycles. The zero-order valence-corrected chi connectivity index (χ0v) is 18.4. The maximum atomic E-state index is 14.3. The second-order valence-electron chi connectivity index (χ2n) is 8.18. The third kappa shape index (κ3) is 4.46. The van der Waals surface area contributed by atoms with Crippen LogP contribution in [-0.4, -0.2) is 25.3 Å². The zero-order valence-electron chi connectivity index (χ0n) is 18.4. The number of amides is 1. The van der Waals surface area contributed by atoms with Gasteiger partial charge in [-0.1, -0.05) is 24.3 Å². The van der Waals surface area contributed by atoms with Crippen molar-refractivity contribution >= 4 is 5.91 Å². The van der Waals surface area contributed by atoms with Crippen LogP contribution in [0.4, 0.5) is 17.6 Å². The molecule has 1 aliphatic rings. The summed E-state index contributed by atoms with van der Waals surface area (Å²) in [5.41, 5.74) is 2.35. The van der Waals surface area contributed by atoms with Gasteiger partial charge >= 0.3 is 6.18 Å². The Balaban J connectivity index is 1.34. The van der Waals surface area contributed by atoms with Crippen LogP contribution in [-0.2, 0) is 26.3 Å². The highest BCUT2D eigenvalue weighted by Gasteiger charge is 2.33. The smallest absolute Gasteiger partial charge is 0.416 e. The fraction of sp³-hybridized carbons (Fsp3) is 0.160. The fourth-order valence-corrected chi connectivity index (χ4v) is 3.91. The van der Waals surface area contributed by atoms with Gasteiger partial charge < -0.3 is 14.2 Å². The van der Waals surface area contributed by atoms with Gasteiger partial charge in [0.2, 0.25) is 5.88 Å². The van der Waals surface area contributed by atoms with E-state index in [2.05, 4.69) is 9.97 Å². The normalized spacial score (nSPS) is 13.3. The van der Waals surface area contributed by atoms with Gasteiger partial charge in [0.05, 0.1) is 17.6 Å². The van der Waals surface area contributed by atoms with Crippen molar-refractivity contribution in [1.29, 1.82) is 0 Å². The third-order valence-corrected chi connectivity index (χ3v) is 5.66. The van der Waals surface area contributed by atoms with E-state index >= 15 is 0 Å². The van der Waals surface area contributed by atoms with E-state index in [1.165, 1.54) is 6.20 Å². The summed E-state index contributed by atoms with van der Waals surface area (Å²) in [6, 6.07) is 11.3. The predicted octanol–water partition coefficient (Wildman–Crippen LogP) is 5.59. The molecule has 35 heavy (non-hydrogen) atoms. The minimum absolute atomic E-state index is 0.154. The minimum atomic E-state index is -4.68. The molecule has 0 unspecified atom stereocenters. The van der Waals surface area contributed by atoms with Gasteiger partial charge in [0.1, 0.15) is 5.56 Å². The average molecular weight is 482 g/mol. The summed E-state index contributed by atoms with van der Waals surface area (Å²) in [6.07, 6.45) is 0.351. The van der Waals surface area contributed by atoms with Crippen LogP contribution in [0.3, 0.4) is 0 Å². The lowest BCUT2D eigenvalue weighted by Crippen LogP contribution is -2.23. The molecule has 2 aromatic carbocycles. The third-order valence-electron chi connectivity index (χ3n) is 5.66. The fourth-order valence-electron chi connectivity index (χ4n) is 3.91. The first-order valence-electron chi connectivity index (χ1n) is 10.6. The van der Waals surface area contributed by atoms with Crippen molar-refractivity contribution < 1.29 is 27.1 Å². The first-order valence-corrected chi connectivity index (χ1v) is 10.6. The molecular weight excluding hydrogens is 464 g/mol. The topological polar surface area (TPSA) is 60.3 Å². The van der Waals surface area contributed by atoms with E-state index < -0.39 is 23.3 Å². The second-order valence-corrected chi connectivity index (χ2v) is 8.18. The summed E-state index contributed by atoms with van der Waals surface area (Å²) in [6.45, 7) is 0.620. The Bertz CT molecular complexity index is 1410. The molecule has 0 radical (unpaired) electrons. The van der Waals surface area contributed by atoms with E-state index in [4.69, 9.17) is 4.74 Å².